The third-order valence-corrected chi connectivity index (χ3v) is 4.95. The summed E-state index contributed by atoms with van der Waals surface area (Å²) in [5.74, 6) is 0. The first-order chi connectivity index (χ1) is 10.8. The highest BCUT2D eigenvalue weighted by molar-refractivity contribution is 5.40. The summed E-state index contributed by atoms with van der Waals surface area (Å²) in [7, 11) is 0. The fraction of sp³-hybridized carbons (Fsp3) is 0.773. The Balaban J connectivity index is 1.73. The quantitative estimate of drug-likeness (QED) is 0.269. The van der Waals surface area contributed by atoms with Crippen molar-refractivity contribution >= 4 is 0 Å². The minimum Gasteiger partial charge on any atom is -0.0761 e. The molecular weight excluding hydrogens is 264 g/mol. The molecule has 0 unspecified atom stereocenters. The lowest BCUT2D eigenvalue weighted by Crippen LogP contribution is -1.85. The Hall–Kier alpha value is -0.520. The van der Waals surface area contributed by atoms with Crippen LogP contribution in [0.15, 0.2) is 23.3 Å². The van der Waals surface area contributed by atoms with E-state index in [1.54, 1.807) is 5.57 Å². The molecule has 0 bridgehead atoms. The molecule has 1 radical (unpaired) electrons. The fourth-order valence-electron chi connectivity index (χ4n) is 3.34. The number of allylic oxidation sites excluding steroid dienone is 4. The normalized spacial score (nSPS) is 14.3. The van der Waals surface area contributed by atoms with Gasteiger partial charge in [-0.05, 0) is 25.3 Å². The monoisotopic (exact) mass is 303 g/mol. The molecule has 0 N–H and O–H groups in total. The zero-order chi connectivity index (χ0) is 15.9. The average molecular weight is 304 g/mol. The molecule has 0 aromatic carbocycles. The predicted octanol–water partition coefficient (Wildman–Crippen LogP) is 7.95. The van der Waals surface area contributed by atoms with Crippen LogP contribution >= 0.6 is 0 Å². The summed E-state index contributed by atoms with van der Waals surface area (Å²) in [4.78, 5) is 0. The Morgan fingerprint density at radius 3 is 1.50 bits per heavy atom. The first-order valence-electron chi connectivity index (χ1n) is 10.1. The molecule has 0 spiro atoms. The minimum atomic E-state index is 1.29. The number of unbranched alkanes of at least 4 members (excludes halogenated alkanes) is 13. The molecule has 0 nitrogen and oxygen atoms in total. The summed E-state index contributed by atoms with van der Waals surface area (Å²) in [6, 6.07) is 0. The maximum atomic E-state index is 2.29. The first kappa shape index (κ1) is 19.5. The van der Waals surface area contributed by atoms with Crippen LogP contribution in [-0.2, 0) is 0 Å². The number of rotatable bonds is 15. The van der Waals surface area contributed by atoms with E-state index in [2.05, 4.69) is 32.4 Å². The van der Waals surface area contributed by atoms with Gasteiger partial charge in [-0.2, -0.15) is 0 Å². The Bertz CT molecular complexity index is 308. The van der Waals surface area contributed by atoms with E-state index in [1.165, 1.54) is 102 Å². The van der Waals surface area contributed by atoms with Gasteiger partial charge in [-0.3, -0.25) is 0 Å². The maximum Gasteiger partial charge on any atom is 0.00835 e. The van der Waals surface area contributed by atoms with Gasteiger partial charge in [-0.1, -0.05) is 108 Å². The van der Waals surface area contributed by atoms with Crippen LogP contribution in [0.4, 0.5) is 0 Å². The highest BCUT2D eigenvalue weighted by atomic mass is 14.1. The molecule has 0 heteroatoms. The molecule has 0 aliphatic heterocycles. The van der Waals surface area contributed by atoms with E-state index >= 15 is 0 Å². The van der Waals surface area contributed by atoms with E-state index in [0.29, 0.717) is 0 Å². The topological polar surface area (TPSA) is 0 Å². The van der Waals surface area contributed by atoms with Gasteiger partial charge in [0.15, 0.2) is 0 Å². The lowest BCUT2D eigenvalue weighted by atomic mass is 10.0. The highest BCUT2D eigenvalue weighted by Gasteiger charge is 2.04. The van der Waals surface area contributed by atoms with Crippen molar-refractivity contribution in [3.63, 3.8) is 0 Å². The Morgan fingerprint density at radius 2 is 1.09 bits per heavy atom. The summed E-state index contributed by atoms with van der Waals surface area (Å²) in [5, 5.41) is 0. The molecule has 0 fully saturated rings. The summed E-state index contributed by atoms with van der Waals surface area (Å²) in [6.07, 6.45) is 28.3. The van der Waals surface area contributed by atoms with Crippen molar-refractivity contribution in [3.05, 3.63) is 29.7 Å². The van der Waals surface area contributed by atoms with E-state index in [0.717, 1.165) is 0 Å². The summed E-state index contributed by atoms with van der Waals surface area (Å²) in [5.41, 5.74) is 3.05. The molecular formula is C22H39. The van der Waals surface area contributed by atoms with Crippen LogP contribution in [-0.4, -0.2) is 0 Å². The van der Waals surface area contributed by atoms with E-state index in [-0.39, 0.29) is 0 Å². The first-order valence-corrected chi connectivity index (χ1v) is 10.1. The second-order valence-electron chi connectivity index (χ2n) is 7.08. The lowest BCUT2D eigenvalue weighted by molar-refractivity contribution is 0.535. The smallest absolute Gasteiger partial charge is 0.00835 e. The molecule has 0 amide bonds. The number of hydrogen-bond donors (Lipinski definition) is 0. The third kappa shape index (κ3) is 10.2. The summed E-state index contributed by atoms with van der Waals surface area (Å²) in [6.45, 7) is 4.53. The van der Waals surface area contributed by atoms with Crippen molar-refractivity contribution in [2.75, 3.05) is 0 Å². The molecule has 127 valence electrons. The third-order valence-electron chi connectivity index (χ3n) is 4.95. The molecule has 0 heterocycles. The Labute approximate surface area is 140 Å². The maximum absolute atomic E-state index is 2.29. The second kappa shape index (κ2) is 14.1. The largest absolute Gasteiger partial charge is 0.0761 e. The standard InChI is InChI=1S/C22H39/c1-3-4-5-6-7-8-9-10-11-12-13-14-15-16-19-22-20-17-18-21(22)2/h17-18,20H,3-16,19H2,1-2H3. The van der Waals surface area contributed by atoms with Crippen LogP contribution in [0, 0.1) is 6.42 Å². The van der Waals surface area contributed by atoms with Gasteiger partial charge in [-0.15, -0.1) is 0 Å². The van der Waals surface area contributed by atoms with Gasteiger partial charge in [-0.25, -0.2) is 0 Å². The SMILES string of the molecule is CCCCCCCCCCCCCCCCC1=C(C)[CH]C=C1. The van der Waals surface area contributed by atoms with Gasteiger partial charge in [0.1, 0.15) is 0 Å². The van der Waals surface area contributed by atoms with E-state index in [9.17, 15) is 0 Å². The number of hydrogen-bond acceptors (Lipinski definition) is 0. The molecule has 0 saturated heterocycles. The second-order valence-corrected chi connectivity index (χ2v) is 7.08. The van der Waals surface area contributed by atoms with E-state index in [1.807, 2.05) is 0 Å². The Kier molecular flexibility index (Phi) is 12.5. The summed E-state index contributed by atoms with van der Waals surface area (Å²) < 4.78 is 0. The molecule has 22 heavy (non-hydrogen) atoms. The van der Waals surface area contributed by atoms with Crippen molar-refractivity contribution in [2.45, 2.75) is 110 Å². The van der Waals surface area contributed by atoms with Gasteiger partial charge in [0.2, 0.25) is 0 Å². The van der Waals surface area contributed by atoms with Crippen molar-refractivity contribution in [1.29, 1.82) is 0 Å². The van der Waals surface area contributed by atoms with Crippen LogP contribution in [0.3, 0.4) is 0 Å². The zero-order valence-corrected chi connectivity index (χ0v) is 15.3. The van der Waals surface area contributed by atoms with Gasteiger partial charge in [0, 0.05) is 6.42 Å². The van der Waals surface area contributed by atoms with Crippen LogP contribution in [0.25, 0.3) is 0 Å². The Morgan fingerprint density at radius 1 is 0.636 bits per heavy atom. The zero-order valence-electron chi connectivity index (χ0n) is 15.3. The fourth-order valence-corrected chi connectivity index (χ4v) is 3.34. The van der Waals surface area contributed by atoms with Crippen LogP contribution in [0.2, 0.25) is 0 Å². The van der Waals surface area contributed by atoms with E-state index in [4.69, 9.17) is 0 Å². The van der Waals surface area contributed by atoms with Crippen molar-refractivity contribution in [3.8, 4) is 0 Å². The van der Waals surface area contributed by atoms with Crippen molar-refractivity contribution in [2.24, 2.45) is 0 Å². The van der Waals surface area contributed by atoms with Crippen LogP contribution < -0.4 is 0 Å². The lowest BCUT2D eigenvalue weighted by Gasteiger charge is -2.04. The van der Waals surface area contributed by atoms with Gasteiger partial charge >= 0.3 is 0 Å². The molecule has 0 aromatic heterocycles. The molecule has 1 rings (SSSR count). The molecule has 0 atom stereocenters. The molecule has 1 aliphatic carbocycles. The summed E-state index contributed by atoms with van der Waals surface area (Å²) >= 11 is 0. The van der Waals surface area contributed by atoms with Crippen molar-refractivity contribution < 1.29 is 0 Å². The van der Waals surface area contributed by atoms with Crippen molar-refractivity contribution in [1.82, 2.24) is 0 Å². The van der Waals surface area contributed by atoms with Gasteiger partial charge in [0.05, 0.1) is 0 Å². The van der Waals surface area contributed by atoms with Gasteiger partial charge in [0.25, 0.3) is 0 Å². The molecule has 1 aliphatic rings. The highest BCUT2D eigenvalue weighted by Crippen LogP contribution is 2.23. The predicted molar refractivity (Wildman–Crippen MR) is 101 cm³/mol. The van der Waals surface area contributed by atoms with E-state index < -0.39 is 0 Å². The molecule has 0 saturated carbocycles. The van der Waals surface area contributed by atoms with Crippen LogP contribution in [0.5, 0.6) is 0 Å². The average Bonchev–Trinajstić information content (AvgIpc) is 2.93. The minimum absolute atomic E-state index is 1.29. The molecule has 0 aromatic rings. The van der Waals surface area contributed by atoms with Gasteiger partial charge < -0.3 is 0 Å². The van der Waals surface area contributed by atoms with Crippen LogP contribution in [0.1, 0.15) is 110 Å².